The molecule has 0 spiro atoms. The van der Waals surface area contributed by atoms with E-state index in [2.05, 4.69) is 58.7 Å². The van der Waals surface area contributed by atoms with E-state index >= 15 is 0 Å². The van der Waals surface area contributed by atoms with Gasteiger partial charge in [0, 0.05) is 61.9 Å². The van der Waals surface area contributed by atoms with Gasteiger partial charge in [0.1, 0.15) is 0 Å². The van der Waals surface area contributed by atoms with Crippen LogP contribution in [0.3, 0.4) is 0 Å². The monoisotopic (exact) mass is 729 g/mol. The van der Waals surface area contributed by atoms with Crippen LogP contribution in [0, 0.1) is 20.9 Å². The highest BCUT2D eigenvalue weighted by Crippen LogP contribution is 2.58. The Morgan fingerprint density at radius 3 is 1.83 bits per heavy atom. The molecule has 11 nitrogen and oxygen atoms in total. The van der Waals surface area contributed by atoms with Gasteiger partial charge >= 0.3 is 11.9 Å². The molecule has 5 unspecified atom stereocenters. The summed E-state index contributed by atoms with van der Waals surface area (Å²) < 4.78 is 12.1. The molecule has 5 rings (SSSR count). The molecule has 2 aliphatic heterocycles. The molecule has 3 aromatic carbocycles. The summed E-state index contributed by atoms with van der Waals surface area (Å²) in [7, 11) is 0. The summed E-state index contributed by atoms with van der Waals surface area (Å²) >= 11 is 0. The quantitative estimate of drug-likeness (QED) is 0.0717. The zero-order chi connectivity index (χ0) is 38.1. The number of nitro benzene ring substituents is 1. The van der Waals surface area contributed by atoms with E-state index in [1.165, 1.54) is 29.3 Å². The Morgan fingerprint density at radius 1 is 0.811 bits per heavy atom. The molecule has 0 bridgehead atoms. The van der Waals surface area contributed by atoms with E-state index < -0.39 is 45.7 Å². The van der Waals surface area contributed by atoms with E-state index in [0.29, 0.717) is 25.3 Å². The van der Waals surface area contributed by atoms with Gasteiger partial charge in [0.05, 0.1) is 22.4 Å². The maximum atomic E-state index is 13.7. The molecule has 11 heteroatoms. The number of aliphatic carboxylic acids is 2. The minimum Gasteiger partial charge on any atom is -0.481 e. The SMILES string of the molecule is CCCCOCCC1(C(=O)O)C(C)NC(C)C(CCOCCN2CCC(c3ccccc3)(c3ccccc3)CC2)(C(=O)O)C1c1cccc([N+](=O)[O-])c1. The topological polar surface area (TPSA) is 151 Å². The Balaban J connectivity index is 1.34. The Bertz CT molecular complexity index is 1620. The van der Waals surface area contributed by atoms with Gasteiger partial charge in [0.15, 0.2) is 0 Å². The number of ether oxygens (including phenoxy) is 2. The smallest absolute Gasteiger partial charge is 0.311 e. The highest BCUT2D eigenvalue weighted by molar-refractivity contribution is 5.84. The third-order valence-corrected chi connectivity index (χ3v) is 12.2. The zero-order valence-corrected chi connectivity index (χ0v) is 31.2. The van der Waals surface area contributed by atoms with Crippen molar-refractivity contribution >= 4 is 17.6 Å². The molecule has 53 heavy (non-hydrogen) atoms. The number of unbranched alkanes of at least 4 members (excludes halogenated alkanes) is 1. The number of nitro groups is 1. The minimum absolute atomic E-state index is 0.00737. The molecule has 286 valence electrons. The number of rotatable bonds is 18. The fourth-order valence-corrected chi connectivity index (χ4v) is 9.14. The molecule has 0 radical (unpaired) electrons. The highest BCUT2D eigenvalue weighted by atomic mass is 16.6. The van der Waals surface area contributed by atoms with E-state index in [-0.39, 0.29) is 37.2 Å². The molecule has 3 aromatic rings. The lowest BCUT2D eigenvalue weighted by Crippen LogP contribution is -2.70. The first kappa shape index (κ1) is 40.0. The molecule has 5 atom stereocenters. The van der Waals surface area contributed by atoms with Crippen LogP contribution in [0.4, 0.5) is 5.69 Å². The normalized spacial score (nSPS) is 25.8. The Morgan fingerprint density at radius 2 is 1.34 bits per heavy atom. The van der Waals surface area contributed by atoms with Crippen molar-refractivity contribution in [3.63, 3.8) is 0 Å². The average Bonchev–Trinajstić information content (AvgIpc) is 3.16. The highest BCUT2D eigenvalue weighted by Gasteiger charge is 2.66. The molecule has 2 fully saturated rings. The number of nitrogens with zero attached hydrogens (tertiary/aromatic N) is 2. The summed E-state index contributed by atoms with van der Waals surface area (Å²) in [5.41, 5.74) is -0.674. The lowest BCUT2D eigenvalue weighted by molar-refractivity contribution is -0.385. The summed E-state index contributed by atoms with van der Waals surface area (Å²) in [6.07, 6.45) is 3.67. The summed E-state index contributed by atoms with van der Waals surface area (Å²) in [6, 6.07) is 25.8. The average molecular weight is 730 g/mol. The number of nitrogens with one attached hydrogen (secondary N) is 1. The third-order valence-electron chi connectivity index (χ3n) is 12.2. The van der Waals surface area contributed by atoms with Crippen LogP contribution in [0.1, 0.15) is 81.9 Å². The minimum atomic E-state index is -1.67. The second-order valence-corrected chi connectivity index (χ2v) is 14.8. The molecule has 0 amide bonds. The van der Waals surface area contributed by atoms with Gasteiger partial charge in [-0.25, -0.2) is 0 Å². The number of piperidine rings is 2. The first-order chi connectivity index (χ1) is 25.5. The van der Waals surface area contributed by atoms with Gasteiger partial charge in [-0.05, 0) is 75.7 Å². The maximum Gasteiger partial charge on any atom is 0.311 e. The van der Waals surface area contributed by atoms with Crippen molar-refractivity contribution < 1.29 is 34.2 Å². The number of carbonyl (C=O) groups is 2. The number of benzene rings is 3. The summed E-state index contributed by atoms with van der Waals surface area (Å²) in [5.74, 6) is -3.46. The number of hydrogen-bond acceptors (Lipinski definition) is 8. The van der Waals surface area contributed by atoms with E-state index in [9.17, 15) is 29.9 Å². The number of carboxylic acid groups (broad SMARTS) is 2. The van der Waals surface area contributed by atoms with Gasteiger partial charge in [-0.1, -0.05) is 86.1 Å². The lowest BCUT2D eigenvalue weighted by atomic mass is 9.50. The van der Waals surface area contributed by atoms with Crippen molar-refractivity contribution in [1.29, 1.82) is 0 Å². The standard InChI is InChI=1S/C42H55N3O8/c1-4-5-26-52-27-21-41(38(46)47)31(2)43-32(3)42(39(48)49,37(41)33-13-12-18-36(30-33)45(50)51)22-28-53-29-25-44-23-19-40(20-24-44,34-14-8-6-9-15-34)35-16-10-7-11-17-35/h6-18,30-32,37,43H,4-5,19-29H2,1-3H3,(H,46,47)(H,48,49). The van der Waals surface area contributed by atoms with Crippen LogP contribution in [0.15, 0.2) is 84.9 Å². The van der Waals surface area contributed by atoms with Gasteiger partial charge in [0.2, 0.25) is 0 Å². The van der Waals surface area contributed by atoms with Crippen molar-refractivity contribution in [1.82, 2.24) is 10.2 Å². The van der Waals surface area contributed by atoms with Gasteiger partial charge in [-0.3, -0.25) is 19.7 Å². The van der Waals surface area contributed by atoms with Crippen molar-refractivity contribution in [3.05, 3.63) is 112 Å². The van der Waals surface area contributed by atoms with Crippen LogP contribution in [-0.4, -0.2) is 90.1 Å². The molecule has 2 saturated heterocycles. The van der Waals surface area contributed by atoms with Crippen LogP contribution < -0.4 is 5.32 Å². The van der Waals surface area contributed by atoms with Crippen molar-refractivity contribution in [2.75, 3.05) is 46.1 Å². The second-order valence-electron chi connectivity index (χ2n) is 14.8. The second kappa shape index (κ2) is 17.8. The first-order valence-corrected chi connectivity index (χ1v) is 19.0. The van der Waals surface area contributed by atoms with Crippen LogP contribution in [0.2, 0.25) is 0 Å². The van der Waals surface area contributed by atoms with Crippen LogP contribution >= 0.6 is 0 Å². The Hall–Kier alpha value is -4.16. The number of hydrogen-bond donors (Lipinski definition) is 3. The van der Waals surface area contributed by atoms with E-state index in [4.69, 9.17) is 9.47 Å². The molecule has 0 saturated carbocycles. The molecule has 0 aliphatic carbocycles. The summed E-state index contributed by atoms with van der Waals surface area (Å²) in [6.45, 7) is 9.00. The van der Waals surface area contributed by atoms with Crippen LogP contribution in [0.25, 0.3) is 0 Å². The number of likely N-dealkylation sites (tertiary alicyclic amines) is 1. The van der Waals surface area contributed by atoms with E-state index in [0.717, 1.165) is 38.8 Å². The van der Waals surface area contributed by atoms with Gasteiger partial charge in [-0.2, -0.15) is 0 Å². The largest absolute Gasteiger partial charge is 0.481 e. The van der Waals surface area contributed by atoms with Gasteiger partial charge in [-0.15, -0.1) is 0 Å². The predicted molar refractivity (Wildman–Crippen MR) is 203 cm³/mol. The number of non-ortho nitro benzene ring substituents is 1. The van der Waals surface area contributed by atoms with Crippen molar-refractivity contribution in [2.45, 2.75) is 82.7 Å². The molecular weight excluding hydrogens is 674 g/mol. The van der Waals surface area contributed by atoms with Gasteiger partial charge < -0.3 is 29.9 Å². The predicted octanol–water partition coefficient (Wildman–Crippen LogP) is 6.90. The zero-order valence-electron chi connectivity index (χ0n) is 31.2. The van der Waals surface area contributed by atoms with Crippen LogP contribution in [0.5, 0.6) is 0 Å². The summed E-state index contributed by atoms with van der Waals surface area (Å²) in [5, 5.41) is 37.4. The Kier molecular flexibility index (Phi) is 13.4. The van der Waals surface area contributed by atoms with E-state index in [1.54, 1.807) is 19.9 Å². The molecule has 0 aromatic heterocycles. The van der Waals surface area contributed by atoms with Crippen molar-refractivity contribution in [3.8, 4) is 0 Å². The Labute approximate surface area is 312 Å². The lowest BCUT2D eigenvalue weighted by Gasteiger charge is -2.57. The van der Waals surface area contributed by atoms with Crippen molar-refractivity contribution in [2.24, 2.45) is 10.8 Å². The molecule has 3 N–H and O–H groups in total. The van der Waals surface area contributed by atoms with Gasteiger partial charge in [0.25, 0.3) is 5.69 Å². The molecular formula is C42H55N3O8. The fourth-order valence-electron chi connectivity index (χ4n) is 9.14. The molecule has 2 heterocycles. The summed E-state index contributed by atoms with van der Waals surface area (Å²) in [4.78, 5) is 40.9. The fraction of sp³-hybridized carbons (Fsp3) is 0.524. The van der Waals surface area contributed by atoms with Crippen LogP contribution in [-0.2, 0) is 24.5 Å². The van der Waals surface area contributed by atoms with E-state index in [1.807, 2.05) is 19.1 Å². The molecule has 2 aliphatic rings. The third kappa shape index (κ3) is 8.18. The first-order valence-electron chi connectivity index (χ1n) is 19.0. The maximum absolute atomic E-state index is 13.7. The number of carboxylic acids is 2.